The number of anilines is 2. The van der Waals surface area contributed by atoms with Crippen molar-refractivity contribution in [2.24, 2.45) is 0 Å². The number of hydrogen-bond acceptors (Lipinski definition) is 7. The van der Waals surface area contributed by atoms with Crippen molar-refractivity contribution in [3.05, 3.63) is 42.5 Å². The molecule has 0 aliphatic carbocycles. The highest BCUT2D eigenvalue weighted by molar-refractivity contribution is 6.02. The Morgan fingerprint density at radius 2 is 2.00 bits per heavy atom. The minimum absolute atomic E-state index is 0.0685. The Hall–Kier alpha value is -3.29. The van der Waals surface area contributed by atoms with Gasteiger partial charge >= 0.3 is 5.97 Å². The van der Waals surface area contributed by atoms with E-state index in [0.717, 1.165) is 0 Å². The van der Waals surface area contributed by atoms with Gasteiger partial charge in [0.05, 0.1) is 0 Å². The number of benzene rings is 1. The lowest BCUT2D eigenvalue weighted by molar-refractivity contribution is -0.144. The maximum absolute atomic E-state index is 12.3. The van der Waals surface area contributed by atoms with E-state index >= 15 is 0 Å². The summed E-state index contributed by atoms with van der Waals surface area (Å²) in [6.07, 6.45) is -0.720. The third kappa shape index (κ3) is 4.02. The van der Waals surface area contributed by atoms with Crippen molar-refractivity contribution in [1.82, 2.24) is 4.98 Å². The van der Waals surface area contributed by atoms with Crippen molar-refractivity contribution in [3.8, 4) is 11.5 Å². The Morgan fingerprint density at radius 3 is 2.77 bits per heavy atom. The second-order valence-electron chi connectivity index (χ2n) is 5.62. The molecule has 8 nitrogen and oxygen atoms in total. The van der Waals surface area contributed by atoms with Gasteiger partial charge in [-0.05, 0) is 31.2 Å². The standard InChI is InChI=1S/C18H19N3O5/c1-12-18(23)21(17-14(26-12)7-8-15(19)20-17)11-16(22)25-10-9-24-13-5-3-2-4-6-13/h2-8,12H,9-11H2,1H3,(H2,19,20). The summed E-state index contributed by atoms with van der Waals surface area (Å²) in [5, 5.41) is 0. The summed E-state index contributed by atoms with van der Waals surface area (Å²) in [6.45, 7) is 1.61. The van der Waals surface area contributed by atoms with Gasteiger partial charge in [-0.2, -0.15) is 0 Å². The van der Waals surface area contributed by atoms with E-state index in [1.54, 1.807) is 19.1 Å². The first-order valence-electron chi connectivity index (χ1n) is 8.12. The molecular formula is C18H19N3O5. The first-order chi connectivity index (χ1) is 12.5. The number of nitrogens with two attached hydrogens (primary N) is 1. The van der Waals surface area contributed by atoms with Crippen molar-refractivity contribution >= 4 is 23.5 Å². The zero-order valence-corrected chi connectivity index (χ0v) is 14.3. The van der Waals surface area contributed by atoms with Crippen LogP contribution in [0.25, 0.3) is 0 Å². The van der Waals surface area contributed by atoms with Gasteiger partial charge in [0.15, 0.2) is 17.7 Å². The predicted octanol–water partition coefficient (Wildman–Crippen LogP) is 1.40. The number of pyridine rings is 1. The SMILES string of the molecule is CC1Oc2ccc(N)nc2N(CC(=O)OCCOc2ccccc2)C1=O. The molecule has 3 rings (SSSR count). The van der Waals surface area contributed by atoms with E-state index in [-0.39, 0.29) is 37.3 Å². The van der Waals surface area contributed by atoms with E-state index in [9.17, 15) is 9.59 Å². The van der Waals surface area contributed by atoms with E-state index in [2.05, 4.69) is 4.98 Å². The van der Waals surface area contributed by atoms with Crippen LogP contribution in [0, 0.1) is 0 Å². The maximum atomic E-state index is 12.3. The molecule has 0 radical (unpaired) electrons. The largest absolute Gasteiger partial charge is 0.490 e. The van der Waals surface area contributed by atoms with Crippen LogP contribution in [-0.4, -0.2) is 42.7 Å². The second kappa shape index (κ2) is 7.73. The number of para-hydroxylation sites is 1. The monoisotopic (exact) mass is 357 g/mol. The lowest BCUT2D eigenvalue weighted by Crippen LogP contribution is -2.47. The zero-order chi connectivity index (χ0) is 18.5. The van der Waals surface area contributed by atoms with Gasteiger partial charge in [0.2, 0.25) is 0 Å². The molecule has 2 N–H and O–H groups in total. The van der Waals surface area contributed by atoms with Gasteiger partial charge in [0.25, 0.3) is 5.91 Å². The van der Waals surface area contributed by atoms with Gasteiger partial charge in [-0.1, -0.05) is 18.2 Å². The first kappa shape index (κ1) is 17.5. The maximum Gasteiger partial charge on any atom is 0.326 e. The summed E-state index contributed by atoms with van der Waals surface area (Å²) in [5.74, 6) is 0.572. The quantitative estimate of drug-likeness (QED) is 0.615. The lowest BCUT2D eigenvalue weighted by Gasteiger charge is -2.31. The lowest BCUT2D eigenvalue weighted by atomic mass is 10.2. The number of fused-ring (bicyclic) bond motifs is 1. The number of nitrogens with zero attached hydrogens (tertiary/aromatic N) is 2. The van der Waals surface area contributed by atoms with Gasteiger partial charge in [0.1, 0.15) is 31.3 Å². The fourth-order valence-corrected chi connectivity index (χ4v) is 2.46. The molecule has 1 aromatic heterocycles. The van der Waals surface area contributed by atoms with Gasteiger partial charge in [-0.25, -0.2) is 4.98 Å². The molecule has 26 heavy (non-hydrogen) atoms. The van der Waals surface area contributed by atoms with Crippen LogP contribution in [-0.2, 0) is 14.3 Å². The summed E-state index contributed by atoms with van der Waals surface area (Å²) >= 11 is 0. The molecule has 1 unspecified atom stereocenters. The molecule has 0 bridgehead atoms. The Bertz CT molecular complexity index is 797. The number of hydrogen-bond donors (Lipinski definition) is 1. The average Bonchev–Trinajstić information content (AvgIpc) is 2.64. The Balaban J connectivity index is 1.56. The van der Waals surface area contributed by atoms with Crippen LogP contribution < -0.4 is 20.1 Å². The van der Waals surface area contributed by atoms with Gasteiger partial charge in [-0.15, -0.1) is 0 Å². The minimum atomic E-state index is -0.720. The summed E-state index contributed by atoms with van der Waals surface area (Å²) < 4.78 is 16.1. The van der Waals surface area contributed by atoms with Crippen LogP contribution in [0.15, 0.2) is 42.5 Å². The van der Waals surface area contributed by atoms with Crippen LogP contribution in [0.4, 0.5) is 11.6 Å². The highest BCUT2D eigenvalue weighted by Crippen LogP contribution is 2.32. The Morgan fingerprint density at radius 1 is 1.23 bits per heavy atom. The second-order valence-corrected chi connectivity index (χ2v) is 5.62. The average molecular weight is 357 g/mol. The van der Waals surface area contributed by atoms with Crippen molar-refractivity contribution in [1.29, 1.82) is 0 Å². The topological polar surface area (TPSA) is 104 Å². The smallest absolute Gasteiger partial charge is 0.326 e. The van der Waals surface area contributed by atoms with E-state index in [4.69, 9.17) is 19.9 Å². The molecule has 1 atom stereocenters. The number of ether oxygens (including phenoxy) is 3. The van der Waals surface area contributed by atoms with Crippen molar-refractivity contribution < 1.29 is 23.8 Å². The van der Waals surface area contributed by atoms with E-state index in [0.29, 0.717) is 11.5 Å². The molecule has 8 heteroatoms. The van der Waals surface area contributed by atoms with Crippen LogP contribution >= 0.6 is 0 Å². The molecule has 0 fully saturated rings. The molecule has 2 heterocycles. The van der Waals surface area contributed by atoms with Gasteiger partial charge < -0.3 is 19.9 Å². The van der Waals surface area contributed by atoms with E-state index < -0.39 is 12.1 Å². The summed E-state index contributed by atoms with van der Waals surface area (Å²) in [4.78, 5) is 29.8. The molecule has 0 saturated heterocycles. The predicted molar refractivity (Wildman–Crippen MR) is 94.0 cm³/mol. The van der Waals surface area contributed by atoms with Crippen molar-refractivity contribution in [3.63, 3.8) is 0 Å². The molecule has 0 saturated carbocycles. The first-order valence-corrected chi connectivity index (χ1v) is 8.12. The van der Waals surface area contributed by atoms with E-state index in [1.807, 2.05) is 30.3 Å². The molecule has 2 aromatic rings. The molecule has 136 valence electrons. The third-order valence-electron chi connectivity index (χ3n) is 3.68. The normalized spacial score (nSPS) is 15.8. The number of aromatic nitrogens is 1. The minimum Gasteiger partial charge on any atom is -0.490 e. The summed E-state index contributed by atoms with van der Waals surface area (Å²) in [6, 6.07) is 12.4. The summed E-state index contributed by atoms with van der Waals surface area (Å²) in [5.41, 5.74) is 5.67. The fourth-order valence-electron chi connectivity index (χ4n) is 2.46. The van der Waals surface area contributed by atoms with Crippen LogP contribution in [0.1, 0.15) is 6.92 Å². The number of esters is 1. The molecule has 1 aliphatic heterocycles. The Kier molecular flexibility index (Phi) is 5.21. The summed E-state index contributed by atoms with van der Waals surface area (Å²) in [7, 11) is 0. The molecule has 1 aromatic carbocycles. The van der Waals surface area contributed by atoms with Crippen LogP contribution in [0.2, 0.25) is 0 Å². The highest BCUT2D eigenvalue weighted by atomic mass is 16.6. The van der Waals surface area contributed by atoms with Crippen molar-refractivity contribution in [2.75, 3.05) is 30.4 Å². The fraction of sp³-hybridized carbons (Fsp3) is 0.278. The molecule has 1 aliphatic rings. The van der Waals surface area contributed by atoms with Crippen LogP contribution in [0.3, 0.4) is 0 Å². The van der Waals surface area contributed by atoms with Gasteiger partial charge in [0, 0.05) is 0 Å². The number of rotatable bonds is 6. The third-order valence-corrected chi connectivity index (χ3v) is 3.68. The number of amides is 1. The van der Waals surface area contributed by atoms with Crippen LogP contribution in [0.5, 0.6) is 11.5 Å². The number of carbonyl (C=O) groups excluding carboxylic acids is 2. The van der Waals surface area contributed by atoms with Gasteiger partial charge in [-0.3, -0.25) is 14.5 Å². The highest BCUT2D eigenvalue weighted by Gasteiger charge is 2.34. The number of carbonyl (C=O) groups is 2. The molecule has 1 amide bonds. The zero-order valence-electron chi connectivity index (χ0n) is 14.3. The molecule has 0 spiro atoms. The Labute approximate surface area is 150 Å². The van der Waals surface area contributed by atoms with E-state index in [1.165, 1.54) is 4.90 Å². The number of nitrogen functional groups attached to an aromatic ring is 1. The molecular weight excluding hydrogens is 338 g/mol. The van der Waals surface area contributed by atoms with Crippen molar-refractivity contribution in [2.45, 2.75) is 13.0 Å².